The van der Waals surface area contributed by atoms with E-state index in [1.807, 2.05) is 11.6 Å². The van der Waals surface area contributed by atoms with Crippen molar-refractivity contribution in [2.75, 3.05) is 11.4 Å². The fourth-order valence-corrected chi connectivity index (χ4v) is 3.27. The fraction of sp³-hybridized carbons (Fsp3) is 0.222. The topological polar surface area (TPSA) is 34.0 Å². The first-order chi connectivity index (χ1) is 10.8. The summed E-state index contributed by atoms with van der Waals surface area (Å²) in [6, 6.07) is 17.0. The largest absolute Gasteiger partial charge is 0.339 e. The van der Waals surface area contributed by atoms with Gasteiger partial charge in [-0.3, -0.25) is 0 Å². The second-order valence-electron chi connectivity index (χ2n) is 5.70. The van der Waals surface area contributed by atoms with Crippen molar-refractivity contribution in [3.63, 3.8) is 0 Å². The van der Waals surface area contributed by atoms with Gasteiger partial charge in [0.1, 0.15) is 0 Å². The molecule has 0 unspecified atom stereocenters. The molecule has 0 atom stereocenters. The maximum atomic E-state index is 4.31. The van der Waals surface area contributed by atoms with Crippen LogP contribution < -0.4 is 4.90 Å². The van der Waals surface area contributed by atoms with Crippen LogP contribution in [0.25, 0.3) is 11.3 Å². The van der Waals surface area contributed by atoms with E-state index in [2.05, 4.69) is 70.7 Å². The van der Waals surface area contributed by atoms with Gasteiger partial charge in [0.2, 0.25) is 0 Å². The summed E-state index contributed by atoms with van der Waals surface area (Å²) < 4.78 is 2.02. The standard InChI is InChI=1S/C18H18N4/c1-13-7-6-10-16-17(13)21(15-8-4-3-5-9-15)11-12-22-18(16)14(2)19-20-22/h3-10H,11-12H2,1-2H3. The van der Waals surface area contributed by atoms with Crippen molar-refractivity contribution in [1.29, 1.82) is 0 Å². The van der Waals surface area contributed by atoms with Gasteiger partial charge in [0, 0.05) is 17.8 Å². The molecule has 0 N–H and O–H groups in total. The highest BCUT2D eigenvalue weighted by Crippen LogP contribution is 2.40. The van der Waals surface area contributed by atoms with Gasteiger partial charge in [0.15, 0.2) is 0 Å². The SMILES string of the molecule is Cc1cccc2c1N(c1ccccc1)CCn1nnc(C)c1-2. The van der Waals surface area contributed by atoms with Crippen molar-refractivity contribution in [3.8, 4) is 11.3 Å². The number of anilines is 2. The van der Waals surface area contributed by atoms with Gasteiger partial charge in [-0.1, -0.05) is 41.6 Å². The molecule has 0 amide bonds. The summed E-state index contributed by atoms with van der Waals surface area (Å²) in [4.78, 5) is 2.39. The van der Waals surface area contributed by atoms with Gasteiger partial charge in [-0.2, -0.15) is 0 Å². The summed E-state index contributed by atoms with van der Waals surface area (Å²) in [5.41, 5.74) is 7.09. The highest BCUT2D eigenvalue weighted by Gasteiger charge is 2.24. The Morgan fingerprint density at radius 3 is 2.55 bits per heavy atom. The van der Waals surface area contributed by atoms with E-state index in [0.29, 0.717) is 0 Å². The first-order valence-corrected chi connectivity index (χ1v) is 7.58. The lowest BCUT2D eigenvalue weighted by atomic mass is 10.0. The summed E-state index contributed by atoms with van der Waals surface area (Å²) in [6.07, 6.45) is 0. The Kier molecular flexibility index (Phi) is 2.96. The number of hydrogen-bond acceptors (Lipinski definition) is 3. The Balaban J connectivity index is 1.98. The maximum absolute atomic E-state index is 4.31. The molecule has 1 aliphatic rings. The summed E-state index contributed by atoms with van der Waals surface area (Å²) in [6.45, 7) is 5.92. The van der Waals surface area contributed by atoms with E-state index in [9.17, 15) is 0 Å². The van der Waals surface area contributed by atoms with Gasteiger partial charge in [-0.25, -0.2) is 4.68 Å². The predicted molar refractivity (Wildman–Crippen MR) is 88.4 cm³/mol. The molecule has 0 aliphatic carbocycles. The van der Waals surface area contributed by atoms with Crippen molar-refractivity contribution in [3.05, 3.63) is 59.8 Å². The molecular weight excluding hydrogens is 272 g/mol. The van der Waals surface area contributed by atoms with Gasteiger partial charge >= 0.3 is 0 Å². The first-order valence-electron chi connectivity index (χ1n) is 7.58. The lowest BCUT2D eigenvalue weighted by Crippen LogP contribution is -2.21. The van der Waals surface area contributed by atoms with Crippen LogP contribution in [0.15, 0.2) is 48.5 Å². The van der Waals surface area contributed by atoms with E-state index < -0.39 is 0 Å². The van der Waals surface area contributed by atoms with Crippen LogP contribution >= 0.6 is 0 Å². The smallest absolute Gasteiger partial charge is 0.0936 e. The minimum atomic E-state index is 0.833. The quantitative estimate of drug-likeness (QED) is 0.685. The minimum Gasteiger partial charge on any atom is -0.339 e. The van der Waals surface area contributed by atoms with Crippen molar-refractivity contribution in [2.24, 2.45) is 0 Å². The molecule has 0 saturated heterocycles. The zero-order chi connectivity index (χ0) is 15.1. The third-order valence-corrected chi connectivity index (χ3v) is 4.27. The minimum absolute atomic E-state index is 0.833. The second kappa shape index (κ2) is 4.98. The van der Waals surface area contributed by atoms with Crippen LogP contribution in [0, 0.1) is 13.8 Å². The highest BCUT2D eigenvalue weighted by atomic mass is 15.4. The molecule has 0 spiro atoms. The zero-order valence-corrected chi connectivity index (χ0v) is 12.8. The molecule has 4 heteroatoms. The summed E-state index contributed by atoms with van der Waals surface area (Å²) in [5.74, 6) is 0. The van der Waals surface area contributed by atoms with Gasteiger partial charge in [-0.05, 0) is 31.5 Å². The monoisotopic (exact) mass is 290 g/mol. The van der Waals surface area contributed by atoms with Crippen molar-refractivity contribution in [1.82, 2.24) is 15.0 Å². The number of fused-ring (bicyclic) bond motifs is 3. The molecule has 0 bridgehead atoms. The molecule has 0 fully saturated rings. The van der Waals surface area contributed by atoms with E-state index >= 15 is 0 Å². The Bertz CT molecular complexity index is 820. The molecule has 22 heavy (non-hydrogen) atoms. The van der Waals surface area contributed by atoms with Crippen molar-refractivity contribution >= 4 is 11.4 Å². The molecular formula is C18H18N4. The van der Waals surface area contributed by atoms with E-state index in [4.69, 9.17) is 0 Å². The van der Waals surface area contributed by atoms with Gasteiger partial charge in [-0.15, -0.1) is 5.10 Å². The molecule has 1 aromatic heterocycles. The first kappa shape index (κ1) is 13.1. The molecule has 2 aromatic carbocycles. The van der Waals surface area contributed by atoms with E-state index in [0.717, 1.165) is 24.5 Å². The molecule has 4 nitrogen and oxygen atoms in total. The van der Waals surface area contributed by atoms with Crippen molar-refractivity contribution < 1.29 is 0 Å². The van der Waals surface area contributed by atoms with Crippen LogP contribution in [0.5, 0.6) is 0 Å². The summed E-state index contributed by atoms with van der Waals surface area (Å²) in [5, 5.41) is 8.57. The molecule has 0 radical (unpaired) electrons. The Morgan fingerprint density at radius 1 is 0.909 bits per heavy atom. The fourth-order valence-electron chi connectivity index (χ4n) is 3.27. The van der Waals surface area contributed by atoms with Crippen LogP contribution in [-0.4, -0.2) is 21.5 Å². The van der Waals surface area contributed by atoms with Crippen LogP contribution in [0.2, 0.25) is 0 Å². The van der Waals surface area contributed by atoms with E-state index in [1.165, 1.54) is 22.5 Å². The molecule has 3 aromatic rings. The van der Waals surface area contributed by atoms with E-state index in [-0.39, 0.29) is 0 Å². The predicted octanol–water partition coefficient (Wildman–Crippen LogP) is 3.71. The third kappa shape index (κ3) is 1.91. The molecule has 1 aliphatic heterocycles. The van der Waals surface area contributed by atoms with Crippen LogP contribution in [0.4, 0.5) is 11.4 Å². The number of hydrogen-bond donors (Lipinski definition) is 0. The Morgan fingerprint density at radius 2 is 1.73 bits per heavy atom. The number of aryl methyl sites for hydroxylation is 2. The average Bonchev–Trinajstić information content (AvgIpc) is 2.81. The maximum Gasteiger partial charge on any atom is 0.0936 e. The second-order valence-corrected chi connectivity index (χ2v) is 5.70. The molecule has 4 rings (SSSR count). The Labute approximate surface area is 130 Å². The number of rotatable bonds is 1. The number of benzene rings is 2. The van der Waals surface area contributed by atoms with Crippen LogP contribution in [0.1, 0.15) is 11.3 Å². The summed E-state index contributed by atoms with van der Waals surface area (Å²) >= 11 is 0. The molecule has 110 valence electrons. The lowest BCUT2D eigenvalue weighted by Gasteiger charge is -2.26. The molecule has 2 heterocycles. The number of para-hydroxylation sites is 2. The van der Waals surface area contributed by atoms with E-state index in [1.54, 1.807) is 0 Å². The number of nitrogens with zero attached hydrogens (tertiary/aromatic N) is 4. The average molecular weight is 290 g/mol. The zero-order valence-electron chi connectivity index (χ0n) is 12.8. The normalized spacial score (nSPS) is 13.5. The number of aromatic nitrogens is 3. The van der Waals surface area contributed by atoms with Crippen LogP contribution in [-0.2, 0) is 6.54 Å². The van der Waals surface area contributed by atoms with Gasteiger partial charge in [0.25, 0.3) is 0 Å². The summed E-state index contributed by atoms with van der Waals surface area (Å²) in [7, 11) is 0. The van der Waals surface area contributed by atoms with Crippen LogP contribution in [0.3, 0.4) is 0 Å². The Hall–Kier alpha value is -2.62. The van der Waals surface area contributed by atoms with Gasteiger partial charge < -0.3 is 4.90 Å². The van der Waals surface area contributed by atoms with Gasteiger partial charge in [0.05, 0.1) is 23.6 Å². The van der Waals surface area contributed by atoms with Crippen molar-refractivity contribution in [2.45, 2.75) is 20.4 Å². The molecule has 0 saturated carbocycles. The third-order valence-electron chi connectivity index (χ3n) is 4.27. The highest BCUT2D eigenvalue weighted by molar-refractivity contribution is 5.84. The lowest BCUT2D eigenvalue weighted by molar-refractivity contribution is 0.604.